The summed E-state index contributed by atoms with van der Waals surface area (Å²) >= 11 is 0. The topological polar surface area (TPSA) is 91.0 Å². The van der Waals surface area contributed by atoms with Crippen LogP contribution in [0.3, 0.4) is 0 Å². The fourth-order valence-corrected chi connectivity index (χ4v) is 4.12. The molecule has 1 unspecified atom stereocenters. The first-order valence-electron chi connectivity index (χ1n) is 11.0. The van der Waals surface area contributed by atoms with Crippen molar-refractivity contribution < 1.29 is 19.1 Å². The van der Waals surface area contributed by atoms with E-state index >= 15 is 0 Å². The lowest BCUT2D eigenvalue weighted by Crippen LogP contribution is -2.52. The van der Waals surface area contributed by atoms with Gasteiger partial charge in [-0.15, -0.1) is 0 Å². The number of hydrogen-bond donors (Lipinski definition) is 2. The number of nitrogens with one attached hydrogen (secondary N) is 2. The monoisotopic (exact) mass is 436 g/mol. The summed E-state index contributed by atoms with van der Waals surface area (Å²) in [6.07, 6.45) is 2.55. The van der Waals surface area contributed by atoms with Gasteiger partial charge in [-0.25, -0.2) is 0 Å². The van der Waals surface area contributed by atoms with Crippen molar-refractivity contribution in [1.29, 1.82) is 0 Å². The van der Waals surface area contributed by atoms with Crippen LogP contribution in [-0.4, -0.2) is 54.9 Å². The molecule has 2 aliphatic heterocycles. The molecule has 1 saturated heterocycles. The average molecular weight is 437 g/mol. The van der Waals surface area contributed by atoms with Crippen LogP contribution in [0.4, 0.5) is 17.1 Å². The molecule has 2 aliphatic rings. The predicted octanol–water partition coefficient (Wildman–Crippen LogP) is 2.86. The van der Waals surface area contributed by atoms with E-state index < -0.39 is 6.10 Å². The first-order valence-corrected chi connectivity index (χ1v) is 11.0. The number of hydrogen-bond acceptors (Lipinski definition) is 5. The van der Waals surface area contributed by atoms with Gasteiger partial charge >= 0.3 is 0 Å². The van der Waals surface area contributed by atoms with Gasteiger partial charge in [0.15, 0.2) is 6.10 Å². The van der Waals surface area contributed by atoms with Crippen LogP contribution in [0, 0.1) is 0 Å². The van der Waals surface area contributed by atoms with Gasteiger partial charge in [-0.3, -0.25) is 14.4 Å². The highest BCUT2D eigenvalue weighted by molar-refractivity contribution is 5.95. The third kappa shape index (κ3) is 5.19. The lowest BCUT2D eigenvalue weighted by Gasteiger charge is -2.38. The van der Waals surface area contributed by atoms with Crippen molar-refractivity contribution in [3.63, 3.8) is 0 Å². The van der Waals surface area contributed by atoms with E-state index in [1.807, 2.05) is 34.1 Å². The van der Waals surface area contributed by atoms with Gasteiger partial charge in [-0.05, 0) is 55.7 Å². The lowest BCUT2D eigenvalue weighted by atomic mass is 10.1. The Kier molecular flexibility index (Phi) is 6.58. The van der Waals surface area contributed by atoms with Crippen molar-refractivity contribution >= 4 is 34.8 Å². The second-order valence-corrected chi connectivity index (χ2v) is 8.15. The van der Waals surface area contributed by atoms with Crippen LogP contribution in [0.15, 0.2) is 48.5 Å². The van der Waals surface area contributed by atoms with Gasteiger partial charge < -0.3 is 25.2 Å². The molecular weight excluding hydrogens is 408 g/mol. The molecule has 0 aliphatic carbocycles. The summed E-state index contributed by atoms with van der Waals surface area (Å²) in [5, 5.41) is 5.57. The van der Waals surface area contributed by atoms with Crippen molar-refractivity contribution in [1.82, 2.24) is 4.90 Å². The second-order valence-electron chi connectivity index (χ2n) is 8.15. The van der Waals surface area contributed by atoms with E-state index in [9.17, 15) is 14.4 Å². The maximum absolute atomic E-state index is 13.0. The SMILES string of the molecule is CC(=O)Nc1ccc(NC(=O)CN2CC(C(=O)N3CCCCC3)Oc3ccccc32)cc1. The molecule has 0 radical (unpaired) electrons. The predicted molar refractivity (Wildman–Crippen MR) is 123 cm³/mol. The molecule has 0 bridgehead atoms. The van der Waals surface area contributed by atoms with Gasteiger partial charge in [0.2, 0.25) is 11.8 Å². The smallest absolute Gasteiger partial charge is 0.265 e. The van der Waals surface area contributed by atoms with Crippen molar-refractivity contribution in [3.05, 3.63) is 48.5 Å². The number of ether oxygens (including phenoxy) is 1. The number of nitrogens with zero attached hydrogens (tertiary/aromatic N) is 2. The van der Waals surface area contributed by atoms with E-state index in [0.717, 1.165) is 38.0 Å². The number of carbonyl (C=O) groups is 3. The largest absolute Gasteiger partial charge is 0.477 e. The summed E-state index contributed by atoms with van der Waals surface area (Å²) < 4.78 is 6.02. The van der Waals surface area contributed by atoms with Gasteiger partial charge in [0.25, 0.3) is 5.91 Å². The summed E-state index contributed by atoms with van der Waals surface area (Å²) in [5.74, 6) is 0.249. The molecular formula is C24H28N4O4. The number of rotatable bonds is 5. The van der Waals surface area contributed by atoms with Crippen LogP contribution in [0.1, 0.15) is 26.2 Å². The molecule has 3 amide bonds. The summed E-state index contributed by atoms with van der Waals surface area (Å²) in [6, 6.07) is 14.4. The molecule has 2 heterocycles. The van der Waals surface area contributed by atoms with Gasteiger partial charge in [0.1, 0.15) is 5.75 Å². The molecule has 0 aromatic heterocycles. The van der Waals surface area contributed by atoms with E-state index in [-0.39, 0.29) is 24.3 Å². The summed E-state index contributed by atoms with van der Waals surface area (Å²) in [5.41, 5.74) is 2.09. The molecule has 168 valence electrons. The minimum Gasteiger partial charge on any atom is -0.477 e. The molecule has 32 heavy (non-hydrogen) atoms. The molecule has 4 rings (SSSR count). The van der Waals surface area contributed by atoms with Crippen LogP contribution < -0.4 is 20.3 Å². The van der Waals surface area contributed by atoms with Gasteiger partial charge in [0, 0.05) is 31.4 Å². The first-order chi connectivity index (χ1) is 15.5. The number of amides is 3. The second kappa shape index (κ2) is 9.72. The molecule has 0 spiro atoms. The highest BCUT2D eigenvalue weighted by Crippen LogP contribution is 2.33. The minimum absolute atomic E-state index is 0.0156. The Labute approximate surface area is 187 Å². The third-order valence-corrected chi connectivity index (χ3v) is 5.63. The molecule has 8 heteroatoms. The van der Waals surface area contributed by atoms with Crippen LogP contribution in [0.2, 0.25) is 0 Å². The zero-order chi connectivity index (χ0) is 22.5. The van der Waals surface area contributed by atoms with Crippen LogP contribution >= 0.6 is 0 Å². The summed E-state index contributed by atoms with van der Waals surface area (Å²) in [6.45, 7) is 3.38. The third-order valence-electron chi connectivity index (χ3n) is 5.63. The Hall–Kier alpha value is -3.55. The fourth-order valence-electron chi connectivity index (χ4n) is 4.12. The maximum atomic E-state index is 13.0. The molecule has 2 aromatic carbocycles. The number of piperidine rings is 1. The Balaban J connectivity index is 1.43. The number of benzene rings is 2. The summed E-state index contributed by atoms with van der Waals surface area (Å²) in [7, 11) is 0. The Morgan fingerprint density at radius 3 is 2.28 bits per heavy atom. The van der Waals surface area contributed by atoms with E-state index in [1.54, 1.807) is 24.3 Å². The molecule has 8 nitrogen and oxygen atoms in total. The first kappa shape index (κ1) is 21.7. The zero-order valence-corrected chi connectivity index (χ0v) is 18.2. The molecule has 1 fully saturated rings. The standard InChI is InChI=1S/C24H28N4O4/c1-17(29)25-18-9-11-19(12-10-18)26-23(30)16-28-15-22(24(31)27-13-5-2-6-14-27)32-21-8-4-3-7-20(21)28/h3-4,7-12,22H,2,5-6,13-16H2,1H3,(H,25,29)(H,26,30). The molecule has 0 saturated carbocycles. The molecule has 2 N–H and O–H groups in total. The lowest BCUT2D eigenvalue weighted by molar-refractivity contribution is -0.139. The van der Waals surface area contributed by atoms with Gasteiger partial charge in [-0.1, -0.05) is 12.1 Å². The van der Waals surface area contributed by atoms with Crippen molar-refractivity contribution in [2.24, 2.45) is 0 Å². The maximum Gasteiger partial charge on any atom is 0.265 e. The van der Waals surface area contributed by atoms with Crippen LogP contribution in [0.25, 0.3) is 0 Å². The van der Waals surface area contributed by atoms with Gasteiger partial charge in [0.05, 0.1) is 18.8 Å². The van der Waals surface area contributed by atoms with Crippen LogP contribution in [-0.2, 0) is 14.4 Å². The fraction of sp³-hybridized carbons (Fsp3) is 0.375. The quantitative estimate of drug-likeness (QED) is 0.752. The Bertz CT molecular complexity index is 986. The molecule has 1 atom stereocenters. The van der Waals surface area contributed by atoms with E-state index in [1.165, 1.54) is 6.92 Å². The van der Waals surface area contributed by atoms with Crippen molar-refractivity contribution in [2.45, 2.75) is 32.3 Å². The van der Waals surface area contributed by atoms with Crippen molar-refractivity contribution in [2.75, 3.05) is 41.7 Å². The average Bonchev–Trinajstić information content (AvgIpc) is 2.80. The normalized spacial score (nSPS) is 17.7. The zero-order valence-electron chi connectivity index (χ0n) is 18.2. The van der Waals surface area contributed by atoms with E-state index in [0.29, 0.717) is 23.7 Å². The van der Waals surface area contributed by atoms with E-state index in [2.05, 4.69) is 10.6 Å². The summed E-state index contributed by atoms with van der Waals surface area (Å²) in [4.78, 5) is 40.7. The number of para-hydroxylation sites is 2. The molecule has 2 aromatic rings. The number of likely N-dealkylation sites (tertiary alicyclic amines) is 1. The number of carbonyl (C=O) groups excluding carboxylic acids is 3. The Morgan fingerprint density at radius 2 is 1.59 bits per heavy atom. The van der Waals surface area contributed by atoms with Crippen LogP contribution in [0.5, 0.6) is 5.75 Å². The van der Waals surface area contributed by atoms with Crippen molar-refractivity contribution in [3.8, 4) is 5.75 Å². The van der Waals surface area contributed by atoms with Gasteiger partial charge in [-0.2, -0.15) is 0 Å². The Morgan fingerprint density at radius 1 is 0.938 bits per heavy atom. The number of fused-ring (bicyclic) bond motifs is 1. The highest BCUT2D eigenvalue weighted by atomic mass is 16.5. The minimum atomic E-state index is -0.632. The van der Waals surface area contributed by atoms with E-state index in [4.69, 9.17) is 4.74 Å². The number of anilines is 3. The highest BCUT2D eigenvalue weighted by Gasteiger charge is 2.34.